The zero-order valence-corrected chi connectivity index (χ0v) is 12.3. The molecule has 1 aliphatic heterocycles. The van der Waals surface area contributed by atoms with Gasteiger partial charge < -0.3 is 14.6 Å². The monoisotopic (exact) mass is 285 g/mol. The van der Waals surface area contributed by atoms with E-state index in [9.17, 15) is 14.7 Å². The second kappa shape index (κ2) is 6.74. The second-order valence-electron chi connectivity index (χ2n) is 5.80. The first kappa shape index (κ1) is 16.5. The van der Waals surface area contributed by atoms with Gasteiger partial charge >= 0.3 is 12.1 Å². The molecule has 6 nitrogen and oxygen atoms in total. The Morgan fingerprint density at radius 1 is 1.40 bits per heavy atom. The molecule has 0 radical (unpaired) electrons. The van der Waals surface area contributed by atoms with Gasteiger partial charge in [-0.1, -0.05) is 12.7 Å². The molecule has 20 heavy (non-hydrogen) atoms. The van der Waals surface area contributed by atoms with Gasteiger partial charge in [-0.05, 0) is 33.6 Å². The van der Waals surface area contributed by atoms with Crippen molar-refractivity contribution in [2.45, 2.75) is 51.4 Å². The van der Waals surface area contributed by atoms with Gasteiger partial charge in [0.15, 0.2) is 0 Å². The van der Waals surface area contributed by atoms with Gasteiger partial charge in [0, 0.05) is 0 Å². The highest BCUT2D eigenvalue weighted by atomic mass is 16.6. The molecule has 0 saturated carbocycles. The summed E-state index contributed by atoms with van der Waals surface area (Å²) in [6, 6.07) is -0.715. The molecule has 0 unspecified atom stereocenters. The highest BCUT2D eigenvalue weighted by Gasteiger charge is 2.38. The molecule has 1 N–H and O–H groups in total. The van der Waals surface area contributed by atoms with Crippen LogP contribution in [0.1, 0.15) is 33.6 Å². The van der Waals surface area contributed by atoms with E-state index in [4.69, 9.17) is 9.47 Å². The number of aliphatic hydroxyl groups is 1. The molecule has 0 aromatic rings. The molecule has 1 rings (SSSR count). The summed E-state index contributed by atoms with van der Waals surface area (Å²) in [5.74, 6) is -0.498. The van der Waals surface area contributed by atoms with Crippen molar-refractivity contribution in [2.24, 2.45) is 0 Å². The third-order valence-electron chi connectivity index (χ3n) is 2.80. The van der Waals surface area contributed by atoms with E-state index in [2.05, 4.69) is 6.58 Å². The van der Waals surface area contributed by atoms with E-state index in [1.165, 1.54) is 11.0 Å². The summed E-state index contributed by atoms with van der Waals surface area (Å²) in [6.07, 6.45) is 1.01. The number of carbonyl (C=O) groups excluding carboxylic acids is 2. The molecule has 1 saturated heterocycles. The summed E-state index contributed by atoms with van der Waals surface area (Å²) in [5.41, 5.74) is -0.658. The molecule has 1 heterocycles. The number of esters is 1. The van der Waals surface area contributed by atoms with Gasteiger partial charge in [0.25, 0.3) is 0 Å². The van der Waals surface area contributed by atoms with Crippen LogP contribution in [0.4, 0.5) is 4.79 Å². The Hall–Kier alpha value is -1.56. The molecule has 0 aromatic heterocycles. The number of carbonyl (C=O) groups is 2. The van der Waals surface area contributed by atoms with Gasteiger partial charge in [-0.25, -0.2) is 9.59 Å². The number of piperidine rings is 1. The Morgan fingerprint density at radius 2 is 2.05 bits per heavy atom. The normalized spacial score (nSPS) is 23.1. The Balaban J connectivity index is 2.77. The minimum absolute atomic E-state index is 0.0722. The average molecular weight is 285 g/mol. The lowest BCUT2D eigenvalue weighted by atomic mass is 10.0. The van der Waals surface area contributed by atoms with Crippen molar-refractivity contribution in [3.63, 3.8) is 0 Å². The van der Waals surface area contributed by atoms with Crippen LogP contribution < -0.4 is 0 Å². The maximum atomic E-state index is 12.1. The largest absolute Gasteiger partial charge is 0.460 e. The predicted octanol–water partition coefficient (Wildman–Crippen LogP) is 1.48. The number of likely N-dealkylation sites (tertiary alicyclic amines) is 1. The van der Waals surface area contributed by atoms with Crippen LogP contribution in [0.25, 0.3) is 0 Å². The van der Waals surface area contributed by atoms with Crippen molar-refractivity contribution in [1.82, 2.24) is 4.90 Å². The van der Waals surface area contributed by atoms with Crippen molar-refractivity contribution in [3.8, 4) is 0 Å². The Kier molecular flexibility index (Phi) is 5.56. The SMILES string of the molecule is C=CCOC(=O)[C@@H]1CC[C@H](O)CN1C(=O)OC(C)(C)C. The summed E-state index contributed by atoms with van der Waals surface area (Å²) in [6.45, 7) is 8.88. The van der Waals surface area contributed by atoms with Gasteiger partial charge in [-0.2, -0.15) is 0 Å². The maximum Gasteiger partial charge on any atom is 0.411 e. The minimum Gasteiger partial charge on any atom is -0.460 e. The predicted molar refractivity (Wildman–Crippen MR) is 73.1 cm³/mol. The molecule has 1 amide bonds. The fourth-order valence-electron chi connectivity index (χ4n) is 1.96. The highest BCUT2D eigenvalue weighted by molar-refractivity contribution is 5.82. The number of hydrogen-bond donors (Lipinski definition) is 1. The number of hydrogen-bond acceptors (Lipinski definition) is 5. The van der Waals surface area contributed by atoms with Crippen molar-refractivity contribution < 1.29 is 24.2 Å². The number of aliphatic hydroxyl groups excluding tert-OH is 1. The molecule has 0 bridgehead atoms. The molecular weight excluding hydrogens is 262 g/mol. The fourth-order valence-corrected chi connectivity index (χ4v) is 1.96. The molecule has 6 heteroatoms. The summed E-state index contributed by atoms with van der Waals surface area (Å²) in [4.78, 5) is 25.3. The van der Waals surface area contributed by atoms with Crippen LogP contribution in [-0.2, 0) is 14.3 Å². The first-order valence-corrected chi connectivity index (χ1v) is 6.70. The van der Waals surface area contributed by atoms with Crippen LogP contribution in [0, 0.1) is 0 Å². The van der Waals surface area contributed by atoms with E-state index < -0.39 is 29.8 Å². The Labute approximate surface area is 119 Å². The molecule has 0 aliphatic carbocycles. The van der Waals surface area contributed by atoms with Crippen LogP contribution in [-0.4, -0.2) is 53.0 Å². The lowest BCUT2D eigenvalue weighted by Gasteiger charge is -2.37. The van der Waals surface area contributed by atoms with Gasteiger partial charge in [0.2, 0.25) is 0 Å². The van der Waals surface area contributed by atoms with E-state index >= 15 is 0 Å². The average Bonchev–Trinajstić information content (AvgIpc) is 2.33. The lowest BCUT2D eigenvalue weighted by molar-refractivity contribution is -0.151. The zero-order chi connectivity index (χ0) is 15.3. The standard InChI is InChI=1S/C14H23NO5/c1-5-8-19-12(17)11-7-6-10(16)9-15(11)13(18)20-14(2,3)4/h5,10-11,16H,1,6-9H2,2-4H3/t10-,11-/m0/s1. The molecule has 1 aliphatic rings. The number of amides is 1. The van der Waals surface area contributed by atoms with Crippen LogP contribution in [0.15, 0.2) is 12.7 Å². The number of ether oxygens (including phenoxy) is 2. The van der Waals surface area contributed by atoms with Gasteiger partial charge in [-0.15, -0.1) is 0 Å². The third-order valence-corrected chi connectivity index (χ3v) is 2.80. The van der Waals surface area contributed by atoms with Gasteiger partial charge in [-0.3, -0.25) is 4.90 Å². The number of nitrogens with zero attached hydrogens (tertiary/aromatic N) is 1. The third kappa shape index (κ3) is 4.85. The molecule has 0 spiro atoms. The van der Waals surface area contributed by atoms with Crippen molar-refractivity contribution in [3.05, 3.63) is 12.7 Å². The maximum absolute atomic E-state index is 12.1. The van der Waals surface area contributed by atoms with Gasteiger partial charge in [0.1, 0.15) is 18.2 Å². The molecule has 114 valence electrons. The number of rotatable bonds is 3. The van der Waals surface area contributed by atoms with Gasteiger partial charge in [0.05, 0.1) is 12.6 Å². The van der Waals surface area contributed by atoms with Crippen molar-refractivity contribution in [2.75, 3.05) is 13.2 Å². The fraction of sp³-hybridized carbons (Fsp3) is 0.714. The first-order chi connectivity index (χ1) is 9.24. The van der Waals surface area contributed by atoms with Crippen LogP contribution in [0.2, 0.25) is 0 Å². The van der Waals surface area contributed by atoms with E-state index in [1.54, 1.807) is 20.8 Å². The molecular formula is C14H23NO5. The van der Waals surface area contributed by atoms with E-state index in [0.29, 0.717) is 12.8 Å². The second-order valence-corrected chi connectivity index (χ2v) is 5.80. The lowest BCUT2D eigenvalue weighted by Crippen LogP contribution is -2.53. The zero-order valence-electron chi connectivity index (χ0n) is 12.3. The van der Waals surface area contributed by atoms with E-state index in [-0.39, 0.29) is 13.2 Å². The smallest absolute Gasteiger partial charge is 0.411 e. The minimum atomic E-state index is -0.715. The quantitative estimate of drug-likeness (QED) is 0.628. The van der Waals surface area contributed by atoms with Crippen molar-refractivity contribution >= 4 is 12.1 Å². The summed E-state index contributed by atoms with van der Waals surface area (Å²) in [7, 11) is 0. The van der Waals surface area contributed by atoms with Crippen LogP contribution in [0.5, 0.6) is 0 Å². The summed E-state index contributed by atoms with van der Waals surface area (Å²) < 4.78 is 10.2. The Bertz CT molecular complexity index is 374. The molecule has 0 aromatic carbocycles. The van der Waals surface area contributed by atoms with E-state index in [0.717, 1.165) is 0 Å². The highest BCUT2D eigenvalue weighted by Crippen LogP contribution is 2.21. The van der Waals surface area contributed by atoms with Crippen molar-refractivity contribution in [1.29, 1.82) is 0 Å². The topological polar surface area (TPSA) is 76.1 Å². The van der Waals surface area contributed by atoms with Crippen LogP contribution >= 0.6 is 0 Å². The first-order valence-electron chi connectivity index (χ1n) is 6.70. The van der Waals surface area contributed by atoms with E-state index in [1.807, 2.05) is 0 Å². The molecule has 1 fully saturated rings. The van der Waals surface area contributed by atoms with Crippen LogP contribution in [0.3, 0.4) is 0 Å². The number of β-amino-alcohol motifs (C(OH)–C–C–N with tert-alkyl or cyclic N) is 1. The summed E-state index contributed by atoms with van der Waals surface area (Å²) in [5, 5.41) is 9.68. The Morgan fingerprint density at radius 3 is 2.60 bits per heavy atom. The summed E-state index contributed by atoms with van der Waals surface area (Å²) >= 11 is 0. The molecule has 2 atom stereocenters.